The van der Waals surface area contributed by atoms with Crippen molar-refractivity contribution in [1.82, 2.24) is 0 Å². The molecule has 0 saturated heterocycles. The van der Waals surface area contributed by atoms with Gasteiger partial charge in [-0.3, -0.25) is 0 Å². The summed E-state index contributed by atoms with van der Waals surface area (Å²) in [6, 6.07) is 13.6. The number of rotatable bonds is 2. The van der Waals surface area contributed by atoms with E-state index < -0.39 is 0 Å². The molecular weight excluding hydrogens is 326 g/mol. The summed E-state index contributed by atoms with van der Waals surface area (Å²) in [5.41, 5.74) is 6.16. The Morgan fingerprint density at radius 1 is 1.07 bits per heavy atom. The minimum atomic E-state index is 0.395. The fourth-order valence-corrected chi connectivity index (χ4v) is 4.61. The Bertz CT molecular complexity index is 1090. The smallest absolute Gasteiger partial charge is 0.198 e. The Labute approximate surface area is 166 Å². The maximum atomic E-state index is 8.25. The van der Waals surface area contributed by atoms with Gasteiger partial charge in [0.25, 0.3) is 0 Å². The largest absolute Gasteiger partial charge is 0.220 e. The summed E-state index contributed by atoms with van der Waals surface area (Å²) in [5, 5.41) is 2.46. The third-order valence-corrected chi connectivity index (χ3v) is 6.63. The van der Waals surface area contributed by atoms with Gasteiger partial charge in [-0.05, 0) is 72.6 Å². The van der Waals surface area contributed by atoms with Crippen LogP contribution in [0.4, 0.5) is 0 Å². The van der Waals surface area contributed by atoms with Crippen LogP contribution in [0.3, 0.4) is 0 Å². The number of fused-ring (bicyclic) bond motifs is 1. The molecule has 0 spiro atoms. The van der Waals surface area contributed by atoms with E-state index in [1.807, 2.05) is 13.0 Å². The van der Waals surface area contributed by atoms with E-state index in [1.165, 1.54) is 47.7 Å². The van der Waals surface area contributed by atoms with E-state index in [9.17, 15) is 0 Å². The van der Waals surface area contributed by atoms with Gasteiger partial charge in [0.15, 0.2) is 5.69 Å². The van der Waals surface area contributed by atoms with Gasteiger partial charge in [0.05, 0.1) is 8.13 Å². The molecule has 27 heavy (non-hydrogen) atoms. The molecule has 0 amide bonds. The Kier molecular flexibility index (Phi) is 3.98. The van der Waals surface area contributed by atoms with Gasteiger partial charge in [0.2, 0.25) is 5.69 Å². The first-order valence-corrected chi connectivity index (χ1v) is 10.2. The van der Waals surface area contributed by atoms with Gasteiger partial charge in [-0.1, -0.05) is 44.1 Å². The number of benzene rings is 2. The summed E-state index contributed by atoms with van der Waals surface area (Å²) < 4.78 is 18.6. The number of hydrogen-bond donors (Lipinski definition) is 0. The Morgan fingerprint density at radius 2 is 1.81 bits per heavy atom. The summed E-state index contributed by atoms with van der Waals surface area (Å²) in [6.07, 6.45) is 5.14. The fourth-order valence-electron chi connectivity index (χ4n) is 4.61. The van der Waals surface area contributed by atoms with Gasteiger partial charge in [0, 0.05) is 18.6 Å². The first-order chi connectivity index (χ1) is 13.7. The highest BCUT2D eigenvalue weighted by Crippen LogP contribution is 2.43. The molecule has 1 aliphatic rings. The maximum absolute atomic E-state index is 8.25. The Balaban J connectivity index is 1.86. The van der Waals surface area contributed by atoms with Crippen LogP contribution in [0.2, 0.25) is 0 Å². The zero-order valence-electron chi connectivity index (χ0n) is 19.3. The lowest BCUT2D eigenvalue weighted by Gasteiger charge is -2.34. The number of nitrogens with zero attached hydrogens (tertiary/aromatic N) is 1. The van der Waals surface area contributed by atoms with Crippen LogP contribution in [0.25, 0.3) is 22.0 Å². The lowest BCUT2D eigenvalue weighted by Crippen LogP contribution is -2.35. The molecule has 1 nitrogen and oxygen atoms in total. The maximum Gasteiger partial charge on any atom is 0.220 e. The van der Waals surface area contributed by atoms with Gasteiger partial charge < -0.3 is 0 Å². The van der Waals surface area contributed by atoms with Crippen molar-refractivity contribution in [2.24, 2.45) is 12.5 Å². The van der Waals surface area contributed by atoms with Gasteiger partial charge >= 0.3 is 0 Å². The Morgan fingerprint density at radius 3 is 2.56 bits per heavy atom. The van der Waals surface area contributed by atoms with Gasteiger partial charge in [-0.25, -0.2) is 0 Å². The van der Waals surface area contributed by atoms with E-state index in [4.69, 9.17) is 2.74 Å². The molecule has 140 valence electrons. The summed E-state index contributed by atoms with van der Waals surface area (Å²) in [4.78, 5) is 0. The molecular formula is C26H32N+. The molecule has 2 aromatic carbocycles. The Hall–Kier alpha value is -2.15. The van der Waals surface area contributed by atoms with Crippen molar-refractivity contribution >= 4 is 10.8 Å². The topological polar surface area (TPSA) is 3.88 Å². The minimum Gasteiger partial charge on any atom is -0.198 e. The predicted molar refractivity (Wildman–Crippen MR) is 115 cm³/mol. The van der Waals surface area contributed by atoms with Crippen LogP contribution in [0.15, 0.2) is 48.5 Å². The van der Waals surface area contributed by atoms with Crippen LogP contribution in [-0.4, -0.2) is 0 Å². The summed E-state index contributed by atoms with van der Waals surface area (Å²) >= 11 is 0. The summed E-state index contributed by atoms with van der Waals surface area (Å²) in [6.45, 7) is 8.91. The van der Waals surface area contributed by atoms with Crippen molar-refractivity contribution in [2.75, 3.05) is 0 Å². The monoisotopic (exact) mass is 360 g/mol. The van der Waals surface area contributed by atoms with Crippen LogP contribution in [0, 0.1) is 19.3 Å². The minimum absolute atomic E-state index is 0.395. The highest BCUT2D eigenvalue weighted by molar-refractivity contribution is 5.94. The van der Waals surface area contributed by atoms with E-state index in [0.29, 0.717) is 23.4 Å². The number of aromatic nitrogens is 1. The van der Waals surface area contributed by atoms with Crippen molar-refractivity contribution in [3.63, 3.8) is 0 Å². The SMILES string of the molecule is [2H]c1cc([2H])c(C)c(-c2c3ccc(C4CCC(C)(C)CC4)cc3cc(C)[n+]2C)c1. The van der Waals surface area contributed by atoms with Crippen molar-refractivity contribution in [2.45, 2.75) is 59.3 Å². The molecule has 3 aromatic rings. The van der Waals surface area contributed by atoms with E-state index in [-0.39, 0.29) is 0 Å². The number of aryl methyl sites for hydroxylation is 1. The molecule has 1 heterocycles. The van der Waals surface area contributed by atoms with Crippen LogP contribution < -0.4 is 4.57 Å². The van der Waals surface area contributed by atoms with Gasteiger partial charge in [0.1, 0.15) is 7.05 Å². The highest BCUT2D eigenvalue weighted by Gasteiger charge is 2.28. The summed E-state index contributed by atoms with van der Waals surface area (Å²) in [5.74, 6) is 0.656. The van der Waals surface area contributed by atoms with E-state index in [2.05, 4.69) is 56.7 Å². The van der Waals surface area contributed by atoms with E-state index >= 15 is 0 Å². The quantitative estimate of drug-likeness (QED) is 0.451. The number of hydrogen-bond acceptors (Lipinski definition) is 0. The zero-order chi connectivity index (χ0) is 20.9. The lowest BCUT2D eigenvalue weighted by atomic mass is 9.71. The van der Waals surface area contributed by atoms with Crippen molar-refractivity contribution in [3.05, 3.63) is 65.3 Å². The number of pyridine rings is 1. The second kappa shape index (κ2) is 6.78. The van der Waals surface area contributed by atoms with Crippen LogP contribution in [0.5, 0.6) is 0 Å². The standard InChI is InChI=1S/C26H32N/c1-18-8-6-7-9-23(18)25-24-11-10-21(17-22(24)16-19(2)27(25)5)20-12-14-26(3,4)15-13-20/h6-11,16-17,20H,12-15H2,1-5H3/q+1/i7D,8D. The average Bonchev–Trinajstić information content (AvgIpc) is 2.66. The molecule has 4 rings (SSSR count). The zero-order valence-corrected chi connectivity index (χ0v) is 17.3. The lowest BCUT2D eigenvalue weighted by molar-refractivity contribution is -0.665. The van der Waals surface area contributed by atoms with Crippen LogP contribution in [0.1, 0.15) is 65.0 Å². The molecule has 1 aliphatic carbocycles. The van der Waals surface area contributed by atoms with E-state index in [1.54, 1.807) is 6.07 Å². The van der Waals surface area contributed by atoms with Gasteiger partial charge in [-0.2, -0.15) is 4.57 Å². The molecule has 0 unspecified atom stereocenters. The molecule has 1 heteroatoms. The van der Waals surface area contributed by atoms with Crippen molar-refractivity contribution < 1.29 is 7.31 Å². The second-order valence-electron chi connectivity index (χ2n) is 9.12. The molecule has 0 N–H and O–H groups in total. The van der Waals surface area contributed by atoms with Crippen LogP contribution in [-0.2, 0) is 7.05 Å². The fraction of sp³-hybridized carbons (Fsp3) is 0.423. The molecule has 0 aliphatic heterocycles. The summed E-state index contributed by atoms with van der Waals surface area (Å²) in [7, 11) is 2.08. The van der Waals surface area contributed by atoms with Crippen molar-refractivity contribution in [3.8, 4) is 11.3 Å². The van der Waals surface area contributed by atoms with Crippen LogP contribution >= 0.6 is 0 Å². The average molecular weight is 361 g/mol. The third kappa shape index (κ3) is 3.40. The second-order valence-corrected chi connectivity index (χ2v) is 9.12. The molecule has 1 aromatic heterocycles. The first kappa shape index (κ1) is 15.9. The first-order valence-electron chi connectivity index (χ1n) is 11.2. The normalized spacial score (nSPS) is 18.4. The van der Waals surface area contributed by atoms with E-state index in [0.717, 1.165) is 16.8 Å². The van der Waals surface area contributed by atoms with Crippen molar-refractivity contribution in [1.29, 1.82) is 0 Å². The highest BCUT2D eigenvalue weighted by atomic mass is 14.9. The molecule has 1 fully saturated rings. The molecule has 1 saturated carbocycles. The molecule has 0 radical (unpaired) electrons. The van der Waals surface area contributed by atoms with Gasteiger partial charge in [-0.15, -0.1) is 0 Å². The molecule has 0 atom stereocenters. The predicted octanol–water partition coefficient (Wildman–Crippen LogP) is 6.63. The third-order valence-electron chi connectivity index (χ3n) is 6.63. The molecule has 0 bridgehead atoms.